The molecule has 2 heterocycles. The molecule has 0 fully saturated rings. The lowest BCUT2D eigenvalue weighted by Gasteiger charge is -2.06. The van der Waals surface area contributed by atoms with E-state index in [2.05, 4.69) is 23.9 Å². The van der Waals surface area contributed by atoms with E-state index in [1.54, 1.807) is 12.3 Å². The third-order valence-electron chi connectivity index (χ3n) is 2.13. The lowest BCUT2D eigenvalue weighted by Crippen LogP contribution is -2.07. The quantitative estimate of drug-likeness (QED) is 0.852. The predicted molar refractivity (Wildman–Crippen MR) is 61.8 cm³/mol. The topological polar surface area (TPSA) is 56.7 Å². The Morgan fingerprint density at radius 2 is 2.27 bits per heavy atom. The Bertz CT molecular complexity index is 489. The second kappa shape index (κ2) is 3.70. The number of aromatic nitrogens is 3. The van der Waals surface area contributed by atoms with Crippen LogP contribution in [0, 0.1) is 5.92 Å². The van der Waals surface area contributed by atoms with Gasteiger partial charge in [0.15, 0.2) is 5.65 Å². The number of nitrogens with two attached hydrogens (primary N) is 1. The number of anilines is 1. The summed E-state index contributed by atoms with van der Waals surface area (Å²) >= 11 is 5.88. The summed E-state index contributed by atoms with van der Waals surface area (Å²) in [6, 6.07) is 1.79. The van der Waals surface area contributed by atoms with Gasteiger partial charge in [-0.3, -0.25) is 0 Å². The summed E-state index contributed by atoms with van der Waals surface area (Å²) in [5.41, 5.74) is 6.46. The number of nitrogen functional groups attached to an aromatic ring is 1. The highest BCUT2D eigenvalue weighted by molar-refractivity contribution is 6.33. The zero-order chi connectivity index (χ0) is 11.0. The first-order valence-corrected chi connectivity index (χ1v) is 5.23. The fourth-order valence-electron chi connectivity index (χ4n) is 1.47. The van der Waals surface area contributed by atoms with Crippen molar-refractivity contribution in [1.29, 1.82) is 0 Å². The second-order valence-electron chi connectivity index (χ2n) is 3.99. The molecule has 4 nitrogen and oxygen atoms in total. The highest BCUT2D eigenvalue weighted by atomic mass is 35.5. The molecule has 15 heavy (non-hydrogen) atoms. The Morgan fingerprint density at radius 3 is 2.93 bits per heavy atom. The van der Waals surface area contributed by atoms with E-state index in [4.69, 9.17) is 17.3 Å². The van der Waals surface area contributed by atoms with Crippen LogP contribution in [0.1, 0.15) is 13.8 Å². The highest BCUT2D eigenvalue weighted by Crippen LogP contribution is 2.22. The Labute approximate surface area is 93.0 Å². The minimum atomic E-state index is 0.356. The van der Waals surface area contributed by atoms with E-state index in [-0.39, 0.29) is 0 Å². The number of pyridine rings is 1. The number of halogens is 1. The summed E-state index contributed by atoms with van der Waals surface area (Å²) in [6.07, 6.45) is 1.76. The molecule has 0 aliphatic rings. The number of fused-ring (bicyclic) bond motifs is 1. The molecule has 80 valence electrons. The van der Waals surface area contributed by atoms with Crippen LogP contribution >= 0.6 is 11.6 Å². The van der Waals surface area contributed by atoms with Crippen molar-refractivity contribution >= 4 is 28.5 Å². The van der Waals surface area contributed by atoms with Gasteiger partial charge in [-0.1, -0.05) is 25.4 Å². The molecule has 2 N–H and O–H groups in total. The van der Waals surface area contributed by atoms with Gasteiger partial charge in [0, 0.05) is 11.9 Å². The van der Waals surface area contributed by atoms with E-state index in [0.717, 1.165) is 17.6 Å². The van der Waals surface area contributed by atoms with Crippen LogP contribution in [0.4, 0.5) is 5.82 Å². The summed E-state index contributed by atoms with van der Waals surface area (Å²) < 4.78 is 1.85. The minimum Gasteiger partial charge on any atom is -0.382 e. The zero-order valence-electron chi connectivity index (χ0n) is 8.74. The Morgan fingerprint density at radius 1 is 1.53 bits per heavy atom. The molecule has 0 radical (unpaired) electrons. The van der Waals surface area contributed by atoms with Crippen molar-refractivity contribution in [2.24, 2.45) is 5.92 Å². The predicted octanol–water partition coefficient (Wildman–Crippen LogP) is 2.32. The molecule has 0 amide bonds. The van der Waals surface area contributed by atoms with Crippen LogP contribution in [0.25, 0.3) is 11.0 Å². The standard InChI is InChI=1S/C10H13ClN4/c1-6(2)5-15-10-7(4-13-15)3-8(11)9(12)14-10/h3-4,6H,5H2,1-2H3,(H2,12,14). The van der Waals surface area contributed by atoms with Gasteiger partial charge in [0.25, 0.3) is 0 Å². The van der Waals surface area contributed by atoms with Gasteiger partial charge in [-0.05, 0) is 12.0 Å². The molecule has 0 spiro atoms. The van der Waals surface area contributed by atoms with Crippen LogP contribution in [0.15, 0.2) is 12.3 Å². The normalized spacial score (nSPS) is 11.5. The van der Waals surface area contributed by atoms with Gasteiger partial charge in [-0.25, -0.2) is 9.67 Å². The van der Waals surface area contributed by atoms with Gasteiger partial charge in [-0.15, -0.1) is 0 Å². The molecule has 0 saturated carbocycles. The largest absolute Gasteiger partial charge is 0.382 e. The Hall–Kier alpha value is -1.29. The average Bonchev–Trinajstić information content (AvgIpc) is 2.49. The summed E-state index contributed by atoms with van der Waals surface area (Å²) in [7, 11) is 0. The monoisotopic (exact) mass is 224 g/mol. The van der Waals surface area contributed by atoms with Gasteiger partial charge >= 0.3 is 0 Å². The molecule has 2 rings (SSSR count). The third kappa shape index (κ3) is 1.90. The van der Waals surface area contributed by atoms with Crippen molar-refractivity contribution in [1.82, 2.24) is 14.8 Å². The molecular weight excluding hydrogens is 212 g/mol. The van der Waals surface area contributed by atoms with E-state index in [0.29, 0.717) is 16.8 Å². The molecule has 0 aliphatic carbocycles. The number of nitrogens with zero attached hydrogens (tertiary/aromatic N) is 3. The van der Waals surface area contributed by atoms with Crippen molar-refractivity contribution in [3.8, 4) is 0 Å². The van der Waals surface area contributed by atoms with Gasteiger partial charge in [0.05, 0.1) is 11.2 Å². The maximum Gasteiger partial charge on any atom is 0.160 e. The maximum atomic E-state index is 5.88. The van der Waals surface area contributed by atoms with Crippen molar-refractivity contribution in [2.75, 3.05) is 5.73 Å². The number of hydrogen-bond acceptors (Lipinski definition) is 3. The first-order chi connectivity index (χ1) is 7.08. The molecule has 0 aliphatic heterocycles. The smallest absolute Gasteiger partial charge is 0.160 e. The summed E-state index contributed by atoms with van der Waals surface area (Å²) in [6.45, 7) is 5.09. The molecule has 2 aromatic heterocycles. The first-order valence-electron chi connectivity index (χ1n) is 4.85. The van der Waals surface area contributed by atoms with Crippen LogP contribution in [-0.4, -0.2) is 14.8 Å². The number of rotatable bonds is 2. The maximum absolute atomic E-state index is 5.88. The number of hydrogen-bond donors (Lipinski definition) is 1. The lowest BCUT2D eigenvalue weighted by atomic mass is 10.2. The molecule has 0 unspecified atom stereocenters. The van der Waals surface area contributed by atoms with E-state index in [1.165, 1.54) is 0 Å². The van der Waals surface area contributed by atoms with Crippen molar-refractivity contribution < 1.29 is 0 Å². The van der Waals surface area contributed by atoms with Crippen LogP contribution in [0.5, 0.6) is 0 Å². The zero-order valence-corrected chi connectivity index (χ0v) is 9.49. The first kappa shape index (κ1) is 10.2. The van der Waals surface area contributed by atoms with E-state index in [9.17, 15) is 0 Å². The Kier molecular flexibility index (Phi) is 2.52. The molecule has 5 heteroatoms. The van der Waals surface area contributed by atoms with E-state index < -0.39 is 0 Å². The van der Waals surface area contributed by atoms with Crippen LogP contribution in [-0.2, 0) is 6.54 Å². The lowest BCUT2D eigenvalue weighted by molar-refractivity contribution is 0.492. The van der Waals surface area contributed by atoms with Gasteiger partial charge < -0.3 is 5.73 Å². The van der Waals surface area contributed by atoms with Crippen LogP contribution in [0.2, 0.25) is 5.02 Å². The minimum absolute atomic E-state index is 0.356. The van der Waals surface area contributed by atoms with Gasteiger partial charge in [0.2, 0.25) is 0 Å². The van der Waals surface area contributed by atoms with E-state index in [1.807, 2.05) is 4.68 Å². The summed E-state index contributed by atoms with van der Waals surface area (Å²) in [5.74, 6) is 0.876. The second-order valence-corrected chi connectivity index (χ2v) is 4.40. The molecule has 0 atom stereocenters. The third-order valence-corrected chi connectivity index (χ3v) is 2.43. The van der Waals surface area contributed by atoms with Gasteiger partial charge in [0.1, 0.15) is 5.82 Å². The SMILES string of the molecule is CC(C)Cn1ncc2cc(Cl)c(N)nc21. The molecule has 0 bridgehead atoms. The Balaban J connectivity index is 2.54. The molecule has 2 aromatic rings. The van der Waals surface area contributed by atoms with Gasteiger partial charge in [-0.2, -0.15) is 5.10 Å². The van der Waals surface area contributed by atoms with E-state index >= 15 is 0 Å². The molecule has 0 saturated heterocycles. The summed E-state index contributed by atoms with van der Waals surface area (Å²) in [4.78, 5) is 4.23. The van der Waals surface area contributed by atoms with Crippen LogP contribution in [0.3, 0.4) is 0 Å². The van der Waals surface area contributed by atoms with Crippen molar-refractivity contribution in [3.05, 3.63) is 17.3 Å². The fraction of sp³-hybridized carbons (Fsp3) is 0.400. The average molecular weight is 225 g/mol. The highest BCUT2D eigenvalue weighted by Gasteiger charge is 2.08. The van der Waals surface area contributed by atoms with Crippen molar-refractivity contribution in [3.63, 3.8) is 0 Å². The summed E-state index contributed by atoms with van der Waals surface area (Å²) in [5, 5.41) is 5.66. The molecular formula is C10H13ClN4. The molecule has 0 aromatic carbocycles. The van der Waals surface area contributed by atoms with Crippen LogP contribution < -0.4 is 5.73 Å². The fourth-order valence-corrected chi connectivity index (χ4v) is 1.63. The van der Waals surface area contributed by atoms with Crippen molar-refractivity contribution in [2.45, 2.75) is 20.4 Å².